The Morgan fingerprint density at radius 1 is 1.08 bits per heavy atom. The van der Waals surface area contributed by atoms with Crippen LogP contribution in [0, 0.1) is 0 Å². The van der Waals surface area contributed by atoms with Crippen molar-refractivity contribution in [2.45, 2.75) is 0 Å². The van der Waals surface area contributed by atoms with Gasteiger partial charge >= 0.3 is 0 Å². The van der Waals surface area contributed by atoms with E-state index in [-0.39, 0.29) is 23.0 Å². The van der Waals surface area contributed by atoms with Gasteiger partial charge in [0.25, 0.3) is 11.8 Å². The molecule has 0 spiro atoms. The van der Waals surface area contributed by atoms with Crippen molar-refractivity contribution >= 4 is 46.3 Å². The standard InChI is InChI=1S/C17H12ClN3O3S/c18-11-6-5-10(16(23)21-15-13(22)3-1-7-19-15)9-12(11)20-17(24)14-4-2-8-25-14/h1-9,22H,(H,20,24)(H,19,21,23). The number of amides is 2. The molecule has 3 rings (SSSR count). The number of carbonyl (C=O) groups is 2. The monoisotopic (exact) mass is 373 g/mol. The first-order chi connectivity index (χ1) is 12.0. The Balaban J connectivity index is 1.80. The molecule has 0 fully saturated rings. The molecule has 2 amide bonds. The van der Waals surface area contributed by atoms with Crippen molar-refractivity contribution in [2.24, 2.45) is 0 Å². The summed E-state index contributed by atoms with van der Waals surface area (Å²) >= 11 is 7.40. The van der Waals surface area contributed by atoms with Crippen molar-refractivity contribution in [3.05, 3.63) is 69.5 Å². The quantitative estimate of drug-likeness (QED) is 0.644. The van der Waals surface area contributed by atoms with E-state index >= 15 is 0 Å². The minimum atomic E-state index is -0.489. The number of hydrogen-bond acceptors (Lipinski definition) is 5. The molecule has 6 nitrogen and oxygen atoms in total. The number of rotatable bonds is 4. The van der Waals surface area contributed by atoms with Crippen LogP contribution in [0.3, 0.4) is 0 Å². The summed E-state index contributed by atoms with van der Waals surface area (Å²) in [6.45, 7) is 0. The molecule has 0 saturated carbocycles. The largest absolute Gasteiger partial charge is 0.504 e. The van der Waals surface area contributed by atoms with E-state index in [1.807, 2.05) is 0 Å². The first-order valence-corrected chi connectivity index (χ1v) is 8.40. The van der Waals surface area contributed by atoms with E-state index < -0.39 is 5.91 Å². The van der Waals surface area contributed by atoms with Gasteiger partial charge in [-0.25, -0.2) is 4.98 Å². The van der Waals surface area contributed by atoms with Gasteiger partial charge in [0.2, 0.25) is 0 Å². The fourth-order valence-corrected chi connectivity index (χ4v) is 2.81. The number of benzene rings is 1. The number of aromatic nitrogens is 1. The van der Waals surface area contributed by atoms with Crippen LogP contribution < -0.4 is 10.6 Å². The highest BCUT2D eigenvalue weighted by Crippen LogP contribution is 2.25. The molecular formula is C17H12ClN3O3S. The number of thiophene rings is 1. The van der Waals surface area contributed by atoms with Gasteiger partial charge in [-0.1, -0.05) is 17.7 Å². The lowest BCUT2D eigenvalue weighted by molar-refractivity contribution is 0.101. The molecule has 2 heterocycles. The van der Waals surface area contributed by atoms with Crippen LogP contribution in [0.15, 0.2) is 54.0 Å². The Hall–Kier alpha value is -2.90. The Morgan fingerprint density at radius 3 is 2.64 bits per heavy atom. The third-order valence-electron chi connectivity index (χ3n) is 3.24. The molecule has 0 saturated heterocycles. The second-order valence-corrected chi connectivity index (χ2v) is 6.31. The van der Waals surface area contributed by atoms with Crippen LogP contribution >= 0.6 is 22.9 Å². The van der Waals surface area contributed by atoms with Gasteiger partial charge in [-0.05, 0) is 41.8 Å². The number of halogens is 1. The fraction of sp³-hybridized carbons (Fsp3) is 0. The number of carbonyl (C=O) groups excluding carboxylic acids is 2. The number of hydrogen-bond donors (Lipinski definition) is 3. The second kappa shape index (κ2) is 7.33. The molecule has 0 aliphatic heterocycles. The molecule has 25 heavy (non-hydrogen) atoms. The number of anilines is 2. The van der Waals surface area contributed by atoms with Crippen molar-refractivity contribution in [3.63, 3.8) is 0 Å². The average molecular weight is 374 g/mol. The molecule has 0 radical (unpaired) electrons. The number of nitrogens with one attached hydrogen (secondary N) is 2. The maximum Gasteiger partial charge on any atom is 0.265 e. The maximum absolute atomic E-state index is 12.3. The van der Waals surface area contributed by atoms with Crippen LogP contribution in [0.4, 0.5) is 11.5 Å². The third kappa shape index (κ3) is 3.96. The first-order valence-electron chi connectivity index (χ1n) is 7.14. The Kier molecular flexibility index (Phi) is 4.97. The van der Waals surface area contributed by atoms with Crippen molar-refractivity contribution in [3.8, 4) is 5.75 Å². The molecular weight excluding hydrogens is 362 g/mol. The van der Waals surface area contributed by atoms with Gasteiger partial charge < -0.3 is 15.7 Å². The van der Waals surface area contributed by atoms with Gasteiger partial charge in [-0.3, -0.25) is 9.59 Å². The highest BCUT2D eigenvalue weighted by atomic mass is 35.5. The van der Waals surface area contributed by atoms with E-state index in [0.29, 0.717) is 15.6 Å². The first kappa shape index (κ1) is 16.9. The summed E-state index contributed by atoms with van der Waals surface area (Å²) in [5.74, 6) is -0.892. The van der Waals surface area contributed by atoms with Crippen LogP contribution in [0.1, 0.15) is 20.0 Å². The fourth-order valence-electron chi connectivity index (χ4n) is 2.03. The average Bonchev–Trinajstić information content (AvgIpc) is 3.13. The van der Waals surface area contributed by atoms with E-state index in [1.165, 1.54) is 41.8 Å². The van der Waals surface area contributed by atoms with E-state index in [1.54, 1.807) is 23.6 Å². The number of nitrogens with zero attached hydrogens (tertiary/aromatic N) is 1. The van der Waals surface area contributed by atoms with Gasteiger partial charge in [-0.15, -0.1) is 11.3 Å². The summed E-state index contributed by atoms with van der Waals surface area (Å²) in [5.41, 5.74) is 0.578. The summed E-state index contributed by atoms with van der Waals surface area (Å²) in [6.07, 6.45) is 1.45. The van der Waals surface area contributed by atoms with Crippen molar-refractivity contribution in [1.29, 1.82) is 0 Å². The van der Waals surface area contributed by atoms with Gasteiger partial charge in [0, 0.05) is 11.8 Å². The highest BCUT2D eigenvalue weighted by Gasteiger charge is 2.14. The van der Waals surface area contributed by atoms with Crippen LogP contribution in [-0.4, -0.2) is 21.9 Å². The van der Waals surface area contributed by atoms with Crippen LogP contribution in [-0.2, 0) is 0 Å². The van der Waals surface area contributed by atoms with Gasteiger partial charge in [0.05, 0.1) is 15.6 Å². The van der Waals surface area contributed by atoms with Crippen LogP contribution in [0.5, 0.6) is 5.75 Å². The van der Waals surface area contributed by atoms with E-state index in [2.05, 4.69) is 15.6 Å². The summed E-state index contributed by atoms with van der Waals surface area (Å²) in [5, 5.41) is 17.0. The normalized spacial score (nSPS) is 10.3. The molecule has 0 atom stereocenters. The van der Waals surface area contributed by atoms with Crippen LogP contribution in [0.25, 0.3) is 0 Å². The van der Waals surface area contributed by atoms with Crippen LogP contribution in [0.2, 0.25) is 5.02 Å². The van der Waals surface area contributed by atoms with Gasteiger partial charge in [0.15, 0.2) is 11.6 Å². The van der Waals surface area contributed by atoms with Crippen molar-refractivity contribution in [1.82, 2.24) is 4.98 Å². The lowest BCUT2D eigenvalue weighted by atomic mass is 10.2. The smallest absolute Gasteiger partial charge is 0.265 e. The molecule has 0 aliphatic rings. The maximum atomic E-state index is 12.3. The molecule has 0 bridgehead atoms. The van der Waals surface area contributed by atoms with Gasteiger partial charge in [0.1, 0.15) is 0 Å². The van der Waals surface area contributed by atoms with Crippen molar-refractivity contribution < 1.29 is 14.7 Å². The van der Waals surface area contributed by atoms with Crippen molar-refractivity contribution in [2.75, 3.05) is 10.6 Å². The zero-order valence-corrected chi connectivity index (χ0v) is 14.3. The molecule has 126 valence electrons. The molecule has 3 aromatic rings. The molecule has 8 heteroatoms. The van der Waals surface area contributed by atoms with E-state index in [0.717, 1.165) is 0 Å². The SMILES string of the molecule is O=C(Nc1ncccc1O)c1ccc(Cl)c(NC(=O)c2cccs2)c1. The molecule has 0 aliphatic carbocycles. The topological polar surface area (TPSA) is 91.3 Å². The molecule has 3 N–H and O–H groups in total. The lowest BCUT2D eigenvalue weighted by Gasteiger charge is -2.10. The molecule has 1 aromatic carbocycles. The second-order valence-electron chi connectivity index (χ2n) is 4.95. The van der Waals surface area contributed by atoms with Gasteiger partial charge in [-0.2, -0.15) is 0 Å². The summed E-state index contributed by atoms with van der Waals surface area (Å²) in [7, 11) is 0. The summed E-state index contributed by atoms with van der Waals surface area (Å²) in [4.78, 5) is 28.9. The zero-order chi connectivity index (χ0) is 17.8. The third-order valence-corrected chi connectivity index (χ3v) is 4.44. The lowest BCUT2D eigenvalue weighted by Crippen LogP contribution is -2.15. The predicted molar refractivity (Wildman–Crippen MR) is 97.6 cm³/mol. The molecule has 2 aromatic heterocycles. The summed E-state index contributed by atoms with van der Waals surface area (Å²) in [6, 6.07) is 10.9. The Bertz CT molecular complexity index is 929. The number of aromatic hydroxyl groups is 1. The minimum Gasteiger partial charge on any atom is -0.504 e. The Morgan fingerprint density at radius 2 is 1.92 bits per heavy atom. The number of pyridine rings is 1. The zero-order valence-electron chi connectivity index (χ0n) is 12.7. The Labute approximate surface area is 152 Å². The van der Waals surface area contributed by atoms with E-state index in [4.69, 9.17) is 11.6 Å². The minimum absolute atomic E-state index is 0.0478. The summed E-state index contributed by atoms with van der Waals surface area (Å²) < 4.78 is 0. The highest BCUT2D eigenvalue weighted by molar-refractivity contribution is 7.12. The predicted octanol–water partition coefficient (Wildman–Crippen LogP) is 4.01. The van der Waals surface area contributed by atoms with E-state index in [9.17, 15) is 14.7 Å². The molecule has 0 unspecified atom stereocenters.